The summed E-state index contributed by atoms with van der Waals surface area (Å²) in [5.74, 6) is 0.908. The Labute approximate surface area is 142 Å². The lowest BCUT2D eigenvalue weighted by atomic mass is 9.83. The maximum atomic E-state index is 12.2. The minimum atomic E-state index is -0.404. The Morgan fingerprint density at radius 2 is 1.83 bits per heavy atom. The molecular weight excluding hydrogens is 288 g/mol. The molecule has 0 radical (unpaired) electrons. The van der Waals surface area contributed by atoms with E-state index in [1.807, 2.05) is 25.7 Å². The largest absolute Gasteiger partial charge is 0.444 e. The van der Waals surface area contributed by atoms with Gasteiger partial charge in [-0.2, -0.15) is 0 Å². The Kier molecular flexibility index (Phi) is 6.75. The van der Waals surface area contributed by atoms with Crippen LogP contribution in [0, 0.1) is 5.92 Å². The molecule has 1 saturated heterocycles. The van der Waals surface area contributed by atoms with Gasteiger partial charge in [-0.3, -0.25) is 0 Å². The van der Waals surface area contributed by atoms with Crippen LogP contribution in [0.25, 0.3) is 0 Å². The molecule has 1 aliphatic heterocycles. The number of carbonyl (C=O) groups is 1. The summed E-state index contributed by atoms with van der Waals surface area (Å²) >= 11 is 0. The molecule has 3 atom stereocenters. The van der Waals surface area contributed by atoms with Gasteiger partial charge in [-0.05, 0) is 58.8 Å². The summed E-state index contributed by atoms with van der Waals surface area (Å²) in [6.07, 6.45) is 9.89. The maximum absolute atomic E-state index is 12.2. The first-order valence-corrected chi connectivity index (χ1v) is 9.61. The van der Waals surface area contributed by atoms with E-state index in [9.17, 15) is 4.79 Å². The lowest BCUT2D eigenvalue weighted by Crippen LogP contribution is -2.42. The van der Waals surface area contributed by atoms with Crippen LogP contribution in [0.3, 0.4) is 0 Å². The van der Waals surface area contributed by atoms with Gasteiger partial charge < -0.3 is 15.0 Å². The van der Waals surface area contributed by atoms with Gasteiger partial charge in [0.2, 0.25) is 0 Å². The Balaban J connectivity index is 1.78. The molecular formula is C19H36N2O2. The standard InChI is InChI=1S/C19H36N2O2/c1-5-15-8-6-9-17(14-15)20-16-10-7-12-21(13-11-16)18(22)23-19(2,3)4/h15-17,20H,5-14H2,1-4H3. The number of amides is 1. The normalized spacial score (nSPS) is 29.9. The molecule has 4 nitrogen and oxygen atoms in total. The van der Waals surface area contributed by atoms with Crippen LogP contribution >= 0.6 is 0 Å². The third kappa shape index (κ3) is 6.33. The number of hydrogen-bond acceptors (Lipinski definition) is 3. The van der Waals surface area contributed by atoms with E-state index in [-0.39, 0.29) is 6.09 Å². The van der Waals surface area contributed by atoms with E-state index >= 15 is 0 Å². The van der Waals surface area contributed by atoms with Crippen LogP contribution in [0.5, 0.6) is 0 Å². The molecule has 1 heterocycles. The zero-order chi connectivity index (χ0) is 16.9. The molecule has 1 saturated carbocycles. The van der Waals surface area contributed by atoms with Gasteiger partial charge in [-0.1, -0.05) is 26.2 Å². The topological polar surface area (TPSA) is 41.6 Å². The highest BCUT2D eigenvalue weighted by Gasteiger charge is 2.27. The Morgan fingerprint density at radius 3 is 2.52 bits per heavy atom. The van der Waals surface area contributed by atoms with Crippen molar-refractivity contribution in [3.8, 4) is 0 Å². The van der Waals surface area contributed by atoms with Gasteiger partial charge in [0.15, 0.2) is 0 Å². The number of ether oxygens (including phenoxy) is 1. The maximum Gasteiger partial charge on any atom is 0.410 e. The molecule has 0 aromatic heterocycles. The van der Waals surface area contributed by atoms with Crippen molar-refractivity contribution in [2.45, 2.75) is 96.7 Å². The van der Waals surface area contributed by atoms with Gasteiger partial charge in [0.1, 0.15) is 5.60 Å². The number of rotatable bonds is 3. The van der Waals surface area contributed by atoms with Crippen molar-refractivity contribution < 1.29 is 9.53 Å². The van der Waals surface area contributed by atoms with Gasteiger partial charge in [-0.15, -0.1) is 0 Å². The van der Waals surface area contributed by atoms with Gasteiger partial charge in [0.05, 0.1) is 0 Å². The van der Waals surface area contributed by atoms with Crippen molar-refractivity contribution in [1.29, 1.82) is 0 Å². The van der Waals surface area contributed by atoms with Crippen LogP contribution in [0.2, 0.25) is 0 Å². The van der Waals surface area contributed by atoms with E-state index in [4.69, 9.17) is 4.74 Å². The van der Waals surface area contributed by atoms with Crippen molar-refractivity contribution in [2.75, 3.05) is 13.1 Å². The van der Waals surface area contributed by atoms with Crippen LogP contribution in [-0.2, 0) is 4.74 Å². The quantitative estimate of drug-likeness (QED) is 0.840. The third-order valence-corrected chi connectivity index (χ3v) is 5.21. The Bertz CT molecular complexity index is 378. The van der Waals surface area contributed by atoms with Crippen LogP contribution in [0.4, 0.5) is 4.79 Å². The second-order valence-electron chi connectivity index (χ2n) is 8.40. The summed E-state index contributed by atoms with van der Waals surface area (Å²) in [7, 11) is 0. The van der Waals surface area contributed by atoms with Gasteiger partial charge in [0.25, 0.3) is 0 Å². The smallest absolute Gasteiger partial charge is 0.410 e. The highest BCUT2D eigenvalue weighted by atomic mass is 16.6. The Morgan fingerprint density at radius 1 is 1.09 bits per heavy atom. The van der Waals surface area contributed by atoms with Gasteiger partial charge >= 0.3 is 6.09 Å². The van der Waals surface area contributed by atoms with Crippen LogP contribution in [-0.4, -0.2) is 41.8 Å². The predicted octanol–water partition coefficient (Wildman–Crippen LogP) is 4.33. The average Bonchev–Trinajstić information content (AvgIpc) is 2.71. The number of carbonyl (C=O) groups excluding carboxylic acids is 1. The molecule has 1 aliphatic carbocycles. The highest BCUT2D eigenvalue weighted by molar-refractivity contribution is 5.68. The van der Waals surface area contributed by atoms with E-state index < -0.39 is 5.60 Å². The van der Waals surface area contributed by atoms with E-state index in [0.717, 1.165) is 31.8 Å². The summed E-state index contributed by atoms with van der Waals surface area (Å²) in [4.78, 5) is 14.1. The van der Waals surface area contributed by atoms with E-state index in [1.54, 1.807) is 0 Å². The zero-order valence-electron chi connectivity index (χ0n) is 15.6. The summed E-state index contributed by atoms with van der Waals surface area (Å²) in [5.41, 5.74) is -0.404. The summed E-state index contributed by atoms with van der Waals surface area (Å²) in [6.45, 7) is 9.75. The van der Waals surface area contributed by atoms with E-state index in [0.29, 0.717) is 12.1 Å². The first-order chi connectivity index (χ1) is 10.9. The molecule has 2 rings (SSSR count). The predicted molar refractivity (Wildman–Crippen MR) is 94.6 cm³/mol. The monoisotopic (exact) mass is 324 g/mol. The second kappa shape index (κ2) is 8.36. The molecule has 3 unspecified atom stereocenters. The number of nitrogens with one attached hydrogen (secondary N) is 1. The van der Waals surface area contributed by atoms with Crippen LogP contribution < -0.4 is 5.32 Å². The minimum Gasteiger partial charge on any atom is -0.444 e. The molecule has 1 N–H and O–H groups in total. The minimum absolute atomic E-state index is 0.151. The highest BCUT2D eigenvalue weighted by Crippen LogP contribution is 2.27. The van der Waals surface area contributed by atoms with Crippen molar-refractivity contribution >= 4 is 6.09 Å². The molecule has 0 aromatic rings. The SMILES string of the molecule is CCC1CCCC(NC2CCCN(C(=O)OC(C)(C)C)CC2)C1. The Hall–Kier alpha value is -0.770. The number of likely N-dealkylation sites (tertiary alicyclic amines) is 1. The van der Waals surface area contributed by atoms with Crippen molar-refractivity contribution in [3.05, 3.63) is 0 Å². The molecule has 0 aromatic carbocycles. The fourth-order valence-electron chi connectivity index (χ4n) is 3.92. The van der Waals surface area contributed by atoms with E-state index in [2.05, 4.69) is 12.2 Å². The lowest BCUT2D eigenvalue weighted by molar-refractivity contribution is 0.0256. The molecule has 2 aliphatic rings. The average molecular weight is 325 g/mol. The van der Waals surface area contributed by atoms with Gasteiger partial charge in [-0.25, -0.2) is 4.79 Å². The van der Waals surface area contributed by atoms with Crippen LogP contribution in [0.15, 0.2) is 0 Å². The molecule has 0 bridgehead atoms. The molecule has 1 amide bonds. The summed E-state index contributed by atoms with van der Waals surface area (Å²) in [5, 5.41) is 3.89. The molecule has 0 spiro atoms. The van der Waals surface area contributed by atoms with E-state index in [1.165, 1.54) is 38.5 Å². The second-order valence-corrected chi connectivity index (χ2v) is 8.40. The zero-order valence-corrected chi connectivity index (χ0v) is 15.6. The van der Waals surface area contributed by atoms with Crippen molar-refractivity contribution in [1.82, 2.24) is 10.2 Å². The van der Waals surface area contributed by atoms with Crippen molar-refractivity contribution in [2.24, 2.45) is 5.92 Å². The first kappa shape index (κ1) is 18.6. The molecule has 23 heavy (non-hydrogen) atoms. The summed E-state index contributed by atoms with van der Waals surface area (Å²) < 4.78 is 5.51. The molecule has 2 fully saturated rings. The number of nitrogens with zero attached hydrogens (tertiary/aromatic N) is 1. The number of hydrogen-bond donors (Lipinski definition) is 1. The molecule has 134 valence electrons. The third-order valence-electron chi connectivity index (χ3n) is 5.21. The fraction of sp³-hybridized carbons (Fsp3) is 0.947. The molecule has 4 heteroatoms. The van der Waals surface area contributed by atoms with Gasteiger partial charge in [0, 0.05) is 25.2 Å². The first-order valence-electron chi connectivity index (χ1n) is 9.61. The lowest BCUT2D eigenvalue weighted by Gasteiger charge is -2.32. The van der Waals surface area contributed by atoms with Crippen molar-refractivity contribution in [3.63, 3.8) is 0 Å². The fourth-order valence-corrected chi connectivity index (χ4v) is 3.92. The van der Waals surface area contributed by atoms with Crippen LogP contribution in [0.1, 0.15) is 79.1 Å². The summed E-state index contributed by atoms with van der Waals surface area (Å²) in [6, 6.07) is 1.25.